The molecule has 1 saturated heterocycles. The van der Waals surface area contributed by atoms with Crippen LogP contribution in [0.2, 0.25) is 4.34 Å². The second kappa shape index (κ2) is 8.67. The molecule has 3 aromatic rings. The number of tetrazole rings is 1. The Hall–Kier alpha value is -3.31. The van der Waals surface area contributed by atoms with Crippen molar-refractivity contribution in [1.29, 1.82) is 0 Å². The van der Waals surface area contributed by atoms with Crippen molar-refractivity contribution in [3.63, 3.8) is 0 Å². The number of hydrogen-bond acceptors (Lipinski definition) is 7. The van der Waals surface area contributed by atoms with Crippen LogP contribution in [0.25, 0.3) is 5.69 Å². The first-order chi connectivity index (χ1) is 15.3. The van der Waals surface area contributed by atoms with Gasteiger partial charge in [0.25, 0.3) is 5.91 Å². The van der Waals surface area contributed by atoms with E-state index >= 15 is 0 Å². The molecule has 166 valence electrons. The zero-order chi connectivity index (χ0) is 22.9. The lowest BCUT2D eigenvalue weighted by atomic mass is 9.91. The van der Waals surface area contributed by atoms with E-state index in [-0.39, 0.29) is 12.5 Å². The number of nitrogens with zero attached hydrogens (tertiary/aromatic N) is 6. The molecular weight excluding hydrogens is 454 g/mol. The predicted molar refractivity (Wildman–Crippen MR) is 117 cm³/mol. The van der Waals surface area contributed by atoms with Crippen LogP contribution in [0.4, 0.5) is 4.79 Å². The summed E-state index contributed by atoms with van der Waals surface area (Å²) in [6, 6.07) is 9.98. The lowest BCUT2D eigenvalue weighted by molar-refractivity contribution is -0.139. The Bertz CT molecular complexity index is 1170. The van der Waals surface area contributed by atoms with Crippen LogP contribution in [0.1, 0.15) is 24.3 Å². The highest BCUT2D eigenvalue weighted by Crippen LogP contribution is 2.30. The van der Waals surface area contributed by atoms with Crippen molar-refractivity contribution in [2.75, 3.05) is 13.1 Å². The van der Waals surface area contributed by atoms with Crippen molar-refractivity contribution >= 4 is 40.8 Å². The average molecular weight is 474 g/mol. The number of likely N-dealkylation sites (N-methyl/N-ethyl adjacent to an activating group) is 1. The third-order valence-electron chi connectivity index (χ3n) is 5.32. The first-order valence-electron chi connectivity index (χ1n) is 9.82. The molecule has 1 atom stereocenters. The summed E-state index contributed by atoms with van der Waals surface area (Å²) in [5, 5.41) is 13.8. The minimum Gasteiger partial charge on any atom is -0.336 e. The second-order valence-electron chi connectivity index (χ2n) is 7.36. The van der Waals surface area contributed by atoms with Gasteiger partial charge in [0.1, 0.15) is 18.4 Å². The van der Waals surface area contributed by atoms with Gasteiger partial charge in [-0.05, 0) is 54.1 Å². The topological polar surface area (TPSA) is 113 Å². The molecule has 1 aromatic carbocycles. The molecule has 2 aromatic heterocycles. The highest BCUT2D eigenvalue weighted by Gasteiger charge is 2.49. The van der Waals surface area contributed by atoms with Crippen LogP contribution in [0, 0.1) is 0 Å². The highest BCUT2D eigenvalue weighted by atomic mass is 35.5. The van der Waals surface area contributed by atoms with Gasteiger partial charge in [-0.2, -0.15) is 0 Å². The van der Waals surface area contributed by atoms with E-state index in [4.69, 9.17) is 11.6 Å². The monoisotopic (exact) mass is 473 g/mol. The van der Waals surface area contributed by atoms with Crippen molar-refractivity contribution < 1.29 is 14.4 Å². The fraction of sp³-hybridized carbons (Fsp3) is 0.300. The minimum absolute atomic E-state index is 0.327. The van der Waals surface area contributed by atoms with Gasteiger partial charge in [0.15, 0.2) is 0 Å². The van der Waals surface area contributed by atoms with E-state index in [1.54, 1.807) is 42.2 Å². The molecule has 0 saturated carbocycles. The summed E-state index contributed by atoms with van der Waals surface area (Å²) >= 11 is 7.36. The Balaban J connectivity index is 1.52. The van der Waals surface area contributed by atoms with Gasteiger partial charge < -0.3 is 10.2 Å². The Morgan fingerprint density at radius 3 is 2.75 bits per heavy atom. The standard InChI is InChI=1S/C20H20ClN7O3S/c1-3-26(10-15-7-8-16(21)32-15)17(29)11-27-18(30)20(2,23-19(27)31)13-5-4-6-14(9-13)28-12-22-24-25-28/h4-9,12H,3,10-11H2,1-2H3,(H,23,31). The summed E-state index contributed by atoms with van der Waals surface area (Å²) in [6.45, 7) is 3.90. The molecule has 0 bridgehead atoms. The summed E-state index contributed by atoms with van der Waals surface area (Å²) < 4.78 is 2.09. The third-order valence-corrected chi connectivity index (χ3v) is 6.53. The first-order valence-corrected chi connectivity index (χ1v) is 11.0. The molecular formula is C20H20ClN7O3S. The van der Waals surface area contributed by atoms with Gasteiger partial charge in [0.05, 0.1) is 16.6 Å². The number of thiophene rings is 1. The van der Waals surface area contributed by atoms with E-state index in [2.05, 4.69) is 20.8 Å². The molecule has 1 fully saturated rings. The SMILES string of the molecule is CCN(Cc1ccc(Cl)s1)C(=O)CN1C(=O)NC(C)(c2cccc(-n3cnnn3)c2)C1=O. The molecule has 0 radical (unpaired) electrons. The van der Waals surface area contributed by atoms with E-state index in [1.807, 2.05) is 13.0 Å². The van der Waals surface area contributed by atoms with E-state index in [0.29, 0.717) is 28.7 Å². The van der Waals surface area contributed by atoms with E-state index in [0.717, 1.165) is 9.78 Å². The molecule has 1 N–H and O–H groups in total. The number of hydrogen-bond donors (Lipinski definition) is 1. The molecule has 32 heavy (non-hydrogen) atoms. The fourth-order valence-electron chi connectivity index (χ4n) is 3.51. The maximum absolute atomic E-state index is 13.3. The normalized spacial score (nSPS) is 18.2. The largest absolute Gasteiger partial charge is 0.336 e. The van der Waals surface area contributed by atoms with Crippen LogP contribution in [0.5, 0.6) is 0 Å². The fourth-order valence-corrected chi connectivity index (χ4v) is 4.61. The van der Waals surface area contributed by atoms with Crippen LogP contribution in [-0.4, -0.2) is 60.9 Å². The highest BCUT2D eigenvalue weighted by molar-refractivity contribution is 7.16. The Kier molecular flexibility index (Phi) is 5.94. The van der Waals surface area contributed by atoms with Crippen LogP contribution in [0.15, 0.2) is 42.7 Å². The van der Waals surface area contributed by atoms with E-state index < -0.39 is 17.5 Å². The van der Waals surface area contributed by atoms with Gasteiger partial charge in [-0.15, -0.1) is 16.4 Å². The maximum atomic E-state index is 13.3. The zero-order valence-electron chi connectivity index (χ0n) is 17.4. The zero-order valence-corrected chi connectivity index (χ0v) is 18.9. The number of amides is 4. The van der Waals surface area contributed by atoms with Crippen LogP contribution >= 0.6 is 22.9 Å². The molecule has 12 heteroatoms. The summed E-state index contributed by atoms with van der Waals surface area (Å²) in [5.41, 5.74) is -0.129. The number of nitrogens with one attached hydrogen (secondary N) is 1. The molecule has 1 unspecified atom stereocenters. The van der Waals surface area contributed by atoms with Crippen molar-refractivity contribution in [1.82, 2.24) is 35.3 Å². The number of carbonyl (C=O) groups is 3. The van der Waals surface area contributed by atoms with E-state index in [1.165, 1.54) is 22.3 Å². The number of urea groups is 1. The van der Waals surface area contributed by atoms with E-state index in [9.17, 15) is 14.4 Å². The minimum atomic E-state index is -1.32. The number of halogens is 1. The van der Waals surface area contributed by atoms with Crippen LogP contribution in [0.3, 0.4) is 0 Å². The van der Waals surface area contributed by atoms with Gasteiger partial charge in [-0.1, -0.05) is 23.7 Å². The summed E-state index contributed by atoms with van der Waals surface area (Å²) in [4.78, 5) is 42.3. The number of aromatic nitrogens is 4. The van der Waals surface area contributed by atoms with Gasteiger partial charge in [-0.3, -0.25) is 14.5 Å². The molecule has 4 rings (SSSR count). The van der Waals surface area contributed by atoms with Gasteiger partial charge >= 0.3 is 6.03 Å². The summed E-state index contributed by atoms with van der Waals surface area (Å²) in [7, 11) is 0. The Labute approximate surface area is 192 Å². The molecule has 1 aliphatic rings. The average Bonchev–Trinajstić information content (AvgIpc) is 3.50. The number of imide groups is 1. The molecule has 10 nitrogen and oxygen atoms in total. The van der Waals surface area contributed by atoms with Crippen molar-refractivity contribution in [3.8, 4) is 5.69 Å². The quantitative estimate of drug-likeness (QED) is 0.526. The van der Waals surface area contributed by atoms with Crippen molar-refractivity contribution in [2.45, 2.75) is 25.9 Å². The lowest BCUT2D eigenvalue weighted by Gasteiger charge is -2.24. The second-order valence-corrected chi connectivity index (χ2v) is 9.16. The van der Waals surface area contributed by atoms with Crippen molar-refractivity contribution in [2.24, 2.45) is 0 Å². The number of carbonyl (C=O) groups excluding carboxylic acids is 3. The predicted octanol–water partition coefficient (Wildman–Crippen LogP) is 2.19. The smallest absolute Gasteiger partial charge is 0.325 e. The lowest BCUT2D eigenvalue weighted by Crippen LogP contribution is -2.44. The first kappa shape index (κ1) is 21.9. The van der Waals surface area contributed by atoms with Gasteiger partial charge in [0, 0.05) is 11.4 Å². The summed E-state index contributed by atoms with van der Waals surface area (Å²) in [5.74, 6) is -0.827. The summed E-state index contributed by atoms with van der Waals surface area (Å²) in [6.07, 6.45) is 1.43. The molecule has 3 heterocycles. The molecule has 4 amide bonds. The van der Waals surface area contributed by atoms with Gasteiger partial charge in [0.2, 0.25) is 5.91 Å². The van der Waals surface area contributed by atoms with Crippen LogP contribution in [-0.2, 0) is 21.7 Å². The van der Waals surface area contributed by atoms with Crippen molar-refractivity contribution in [3.05, 3.63) is 57.5 Å². The third kappa shape index (κ3) is 4.08. The molecule has 1 aliphatic heterocycles. The number of rotatable bonds is 7. The number of benzene rings is 1. The van der Waals surface area contributed by atoms with Crippen LogP contribution < -0.4 is 5.32 Å². The molecule has 0 spiro atoms. The van der Waals surface area contributed by atoms with Gasteiger partial charge in [-0.25, -0.2) is 9.48 Å². The maximum Gasteiger partial charge on any atom is 0.325 e. The Morgan fingerprint density at radius 2 is 2.09 bits per heavy atom. The molecule has 0 aliphatic carbocycles. The Morgan fingerprint density at radius 1 is 1.28 bits per heavy atom.